The second kappa shape index (κ2) is 6.39. The van der Waals surface area contributed by atoms with Gasteiger partial charge in [-0.3, -0.25) is 0 Å². The third-order valence-corrected chi connectivity index (χ3v) is 3.36. The first-order valence-electron chi connectivity index (χ1n) is 6.57. The van der Waals surface area contributed by atoms with Gasteiger partial charge in [-0.25, -0.2) is 0 Å². The van der Waals surface area contributed by atoms with Gasteiger partial charge in [0, 0.05) is 0 Å². The minimum absolute atomic E-state index is 0.480. The van der Waals surface area contributed by atoms with Crippen molar-refractivity contribution < 1.29 is 0 Å². The van der Waals surface area contributed by atoms with E-state index in [4.69, 9.17) is 0 Å². The van der Waals surface area contributed by atoms with Crippen LogP contribution in [-0.2, 0) is 0 Å². The van der Waals surface area contributed by atoms with E-state index in [2.05, 4.69) is 77.6 Å². The van der Waals surface area contributed by atoms with Crippen molar-refractivity contribution in [2.24, 2.45) is 5.92 Å². The van der Waals surface area contributed by atoms with E-state index in [9.17, 15) is 0 Å². The predicted molar refractivity (Wildman–Crippen MR) is 82.6 cm³/mol. The van der Waals surface area contributed by atoms with E-state index in [1.165, 1.54) is 27.8 Å². The minimum atomic E-state index is 0.480. The van der Waals surface area contributed by atoms with Gasteiger partial charge in [-0.05, 0) is 49.0 Å². The van der Waals surface area contributed by atoms with Crippen molar-refractivity contribution in [1.29, 1.82) is 0 Å². The summed E-state index contributed by atoms with van der Waals surface area (Å²) in [5.41, 5.74) is 6.37. The molecule has 0 unspecified atom stereocenters. The Balaban J connectivity index is 3.32. The Morgan fingerprint density at radius 1 is 1.22 bits per heavy atom. The normalized spacial score (nSPS) is 13.0. The summed E-state index contributed by atoms with van der Waals surface area (Å²) in [6, 6.07) is 8.52. The average Bonchev–Trinajstić information content (AvgIpc) is 2.35. The highest BCUT2D eigenvalue weighted by Crippen LogP contribution is 2.28. The molecule has 1 rings (SSSR count). The molecule has 0 amide bonds. The molecule has 0 bridgehead atoms. The van der Waals surface area contributed by atoms with Crippen LogP contribution in [0.5, 0.6) is 0 Å². The van der Waals surface area contributed by atoms with Crippen LogP contribution in [0.4, 0.5) is 0 Å². The molecule has 0 saturated carbocycles. The van der Waals surface area contributed by atoms with Crippen LogP contribution in [0.3, 0.4) is 0 Å². The molecule has 0 saturated heterocycles. The predicted octanol–water partition coefficient (Wildman–Crippen LogP) is 5.56. The van der Waals surface area contributed by atoms with Gasteiger partial charge in [0.2, 0.25) is 0 Å². The molecule has 0 aliphatic heterocycles. The molecule has 0 aliphatic carbocycles. The third-order valence-electron chi connectivity index (χ3n) is 3.36. The smallest absolute Gasteiger partial charge is 0.0152 e. The molecule has 0 nitrogen and oxygen atoms in total. The van der Waals surface area contributed by atoms with Crippen molar-refractivity contribution in [1.82, 2.24) is 0 Å². The first-order valence-corrected chi connectivity index (χ1v) is 6.57. The van der Waals surface area contributed by atoms with E-state index in [0.717, 1.165) is 0 Å². The van der Waals surface area contributed by atoms with Crippen molar-refractivity contribution in [2.45, 2.75) is 34.6 Å². The summed E-state index contributed by atoms with van der Waals surface area (Å²) in [4.78, 5) is 0. The van der Waals surface area contributed by atoms with Crippen molar-refractivity contribution in [2.75, 3.05) is 0 Å². The van der Waals surface area contributed by atoms with Crippen LogP contribution in [0.25, 0.3) is 5.57 Å². The molecule has 0 spiro atoms. The van der Waals surface area contributed by atoms with E-state index in [1.807, 2.05) is 0 Å². The molecule has 0 radical (unpaired) electrons. The van der Waals surface area contributed by atoms with Crippen LogP contribution in [0.1, 0.15) is 38.8 Å². The zero-order valence-corrected chi connectivity index (χ0v) is 12.2. The number of hydrogen-bond acceptors (Lipinski definition) is 0. The molecule has 0 aliphatic rings. The van der Waals surface area contributed by atoms with Crippen LogP contribution in [-0.4, -0.2) is 0 Å². The summed E-state index contributed by atoms with van der Waals surface area (Å²) in [6.07, 6.45) is 4.38. The number of allylic oxidation sites excluding steroid dienone is 5. The molecule has 0 heterocycles. The fourth-order valence-corrected chi connectivity index (χ4v) is 1.79. The summed E-state index contributed by atoms with van der Waals surface area (Å²) in [5.74, 6) is 0.480. The Morgan fingerprint density at radius 2 is 1.83 bits per heavy atom. The number of aryl methyl sites for hydroxylation is 1. The first kappa shape index (κ1) is 14.5. The maximum absolute atomic E-state index is 4.16. The molecule has 96 valence electrons. The largest absolute Gasteiger partial charge is 0.0955 e. The summed E-state index contributed by atoms with van der Waals surface area (Å²) in [6.45, 7) is 14.9. The lowest BCUT2D eigenvalue weighted by Gasteiger charge is -2.14. The maximum Gasteiger partial charge on any atom is -0.0152 e. The molecule has 1 aromatic rings. The van der Waals surface area contributed by atoms with Crippen molar-refractivity contribution in [3.63, 3.8) is 0 Å². The Bertz CT molecular complexity index is 485. The Kier molecular flexibility index (Phi) is 5.15. The highest BCUT2D eigenvalue weighted by molar-refractivity contribution is 5.81. The Hall–Kier alpha value is -1.56. The van der Waals surface area contributed by atoms with Crippen molar-refractivity contribution >= 4 is 5.57 Å². The second-order valence-corrected chi connectivity index (χ2v) is 5.07. The zero-order valence-electron chi connectivity index (χ0n) is 12.2. The van der Waals surface area contributed by atoms with Crippen molar-refractivity contribution in [3.8, 4) is 0 Å². The minimum Gasteiger partial charge on any atom is -0.0955 e. The van der Waals surface area contributed by atoms with E-state index in [0.29, 0.717) is 5.92 Å². The van der Waals surface area contributed by atoms with Crippen LogP contribution in [0.15, 0.2) is 54.1 Å². The topological polar surface area (TPSA) is 0 Å². The molecule has 0 aromatic heterocycles. The van der Waals surface area contributed by atoms with Crippen molar-refractivity contribution in [3.05, 3.63) is 65.3 Å². The quantitative estimate of drug-likeness (QED) is 0.605. The van der Waals surface area contributed by atoms with Crippen LogP contribution < -0.4 is 0 Å². The van der Waals surface area contributed by atoms with Gasteiger partial charge in [0.05, 0.1) is 0 Å². The standard InChI is InChI=1S/C18H24/c1-7-14(4)18(12-16(6)13(2)3)17-11-9-8-10-15(17)5/h7-13H,6H2,1-5H3/b14-7-,18-12+. The fraction of sp³-hybridized carbons (Fsp3) is 0.333. The lowest BCUT2D eigenvalue weighted by Crippen LogP contribution is -1.95. The van der Waals surface area contributed by atoms with Gasteiger partial charge in [-0.2, -0.15) is 0 Å². The number of hydrogen-bond donors (Lipinski definition) is 0. The Morgan fingerprint density at radius 3 is 2.33 bits per heavy atom. The highest BCUT2D eigenvalue weighted by atomic mass is 14.1. The Labute approximate surface area is 112 Å². The van der Waals surface area contributed by atoms with Gasteiger partial charge in [-0.1, -0.05) is 62.4 Å². The fourth-order valence-electron chi connectivity index (χ4n) is 1.79. The van der Waals surface area contributed by atoms with E-state index in [-0.39, 0.29) is 0 Å². The van der Waals surface area contributed by atoms with Gasteiger partial charge < -0.3 is 0 Å². The molecule has 1 aromatic carbocycles. The average molecular weight is 240 g/mol. The lowest BCUT2D eigenvalue weighted by molar-refractivity contribution is 0.795. The van der Waals surface area contributed by atoms with Crippen LogP contribution in [0, 0.1) is 12.8 Å². The van der Waals surface area contributed by atoms with Crippen LogP contribution >= 0.6 is 0 Å². The number of benzene rings is 1. The molecule has 0 atom stereocenters. The zero-order chi connectivity index (χ0) is 13.7. The van der Waals surface area contributed by atoms with Gasteiger partial charge in [0.25, 0.3) is 0 Å². The van der Waals surface area contributed by atoms with E-state index < -0.39 is 0 Å². The summed E-state index contributed by atoms with van der Waals surface area (Å²) < 4.78 is 0. The molecular weight excluding hydrogens is 216 g/mol. The van der Waals surface area contributed by atoms with Gasteiger partial charge in [0.1, 0.15) is 0 Å². The number of rotatable bonds is 4. The molecule has 0 fully saturated rings. The van der Waals surface area contributed by atoms with E-state index in [1.54, 1.807) is 0 Å². The molecule has 0 heteroatoms. The first-order chi connectivity index (χ1) is 8.47. The summed E-state index contributed by atoms with van der Waals surface area (Å²) >= 11 is 0. The molecule has 18 heavy (non-hydrogen) atoms. The monoisotopic (exact) mass is 240 g/mol. The summed E-state index contributed by atoms with van der Waals surface area (Å²) in [7, 11) is 0. The second-order valence-electron chi connectivity index (χ2n) is 5.07. The third kappa shape index (κ3) is 3.46. The maximum atomic E-state index is 4.16. The summed E-state index contributed by atoms with van der Waals surface area (Å²) in [5, 5.41) is 0. The van der Waals surface area contributed by atoms with E-state index >= 15 is 0 Å². The lowest BCUT2D eigenvalue weighted by atomic mass is 9.91. The van der Waals surface area contributed by atoms with Crippen LogP contribution in [0.2, 0.25) is 0 Å². The molecule has 0 N–H and O–H groups in total. The molecular formula is C18H24. The SMILES string of the molecule is C=C(/C=C(\C(C)=C/C)c1ccccc1C)C(C)C. The van der Waals surface area contributed by atoms with Gasteiger partial charge in [-0.15, -0.1) is 0 Å². The van der Waals surface area contributed by atoms with Gasteiger partial charge >= 0.3 is 0 Å². The van der Waals surface area contributed by atoms with Gasteiger partial charge in [0.15, 0.2) is 0 Å². The highest BCUT2D eigenvalue weighted by Gasteiger charge is 2.08.